The van der Waals surface area contributed by atoms with Gasteiger partial charge in [-0.25, -0.2) is 0 Å². The first-order valence-electron chi connectivity index (χ1n) is 4.11. The van der Waals surface area contributed by atoms with Crippen LogP contribution in [0.4, 0.5) is 0 Å². The monoisotopic (exact) mass is 166 g/mol. The van der Waals surface area contributed by atoms with E-state index in [9.17, 15) is 14.7 Å². The molecule has 2 rings (SSSR count). The third kappa shape index (κ3) is 1.01. The van der Waals surface area contributed by atoms with Gasteiger partial charge in [0, 0.05) is 18.3 Å². The zero-order valence-corrected chi connectivity index (χ0v) is 6.56. The summed E-state index contributed by atoms with van der Waals surface area (Å²) >= 11 is 0. The highest BCUT2D eigenvalue weighted by molar-refractivity contribution is 6.04. The fourth-order valence-corrected chi connectivity index (χ4v) is 1.84. The van der Waals surface area contributed by atoms with Crippen LogP contribution in [-0.2, 0) is 9.59 Å². The van der Waals surface area contributed by atoms with Gasteiger partial charge in [-0.1, -0.05) is 6.08 Å². The largest absolute Gasteiger partial charge is 0.389 e. The molecule has 2 aliphatic carbocycles. The Morgan fingerprint density at radius 2 is 2.08 bits per heavy atom. The van der Waals surface area contributed by atoms with Crippen LogP contribution in [0.3, 0.4) is 0 Å². The molecule has 0 radical (unpaired) electrons. The predicted octanol–water partition coefficient (Wildman–Crippen LogP) is 0.0815. The molecular weight excluding hydrogens is 156 g/mol. The lowest BCUT2D eigenvalue weighted by Crippen LogP contribution is -2.41. The predicted molar refractivity (Wildman–Crippen MR) is 41.4 cm³/mol. The van der Waals surface area contributed by atoms with Crippen LogP contribution in [0.5, 0.6) is 0 Å². The number of rotatable bonds is 0. The Morgan fingerprint density at radius 3 is 2.75 bits per heavy atom. The molecule has 0 aromatic carbocycles. The normalized spacial score (nSPS) is 40.2. The molecule has 0 amide bonds. The van der Waals surface area contributed by atoms with Crippen molar-refractivity contribution in [3.05, 3.63) is 12.2 Å². The topological polar surface area (TPSA) is 54.4 Å². The number of fused-ring (bicyclic) bond motifs is 1. The molecule has 0 heterocycles. The Bertz CT molecular complexity index is 267. The molecule has 3 heteroatoms. The molecule has 1 fully saturated rings. The van der Waals surface area contributed by atoms with Gasteiger partial charge in [-0.05, 0) is 12.5 Å². The lowest BCUT2D eigenvalue weighted by molar-refractivity contribution is -0.142. The van der Waals surface area contributed by atoms with Gasteiger partial charge in [0.15, 0.2) is 5.78 Å². The Kier molecular flexibility index (Phi) is 1.61. The molecule has 0 spiro atoms. The van der Waals surface area contributed by atoms with Gasteiger partial charge in [0.05, 0.1) is 6.10 Å². The van der Waals surface area contributed by atoms with Crippen molar-refractivity contribution in [2.24, 2.45) is 11.8 Å². The van der Waals surface area contributed by atoms with E-state index in [0.717, 1.165) is 0 Å². The van der Waals surface area contributed by atoms with E-state index in [-0.39, 0.29) is 23.4 Å². The Balaban J connectivity index is 2.20. The van der Waals surface area contributed by atoms with Crippen molar-refractivity contribution in [2.45, 2.75) is 18.9 Å². The zero-order chi connectivity index (χ0) is 8.72. The summed E-state index contributed by atoms with van der Waals surface area (Å²) in [6.45, 7) is 0. The number of hydrogen-bond donors (Lipinski definition) is 1. The van der Waals surface area contributed by atoms with E-state index in [1.165, 1.54) is 12.2 Å². The van der Waals surface area contributed by atoms with E-state index >= 15 is 0 Å². The molecule has 3 nitrogen and oxygen atoms in total. The lowest BCUT2D eigenvalue weighted by Gasteiger charge is -2.32. The average molecular weight is 166 g/mol. The van der Waals surface area contributed by atoms with Crippen LogP contribution in [0.2, 0.25) is 0 Å². The van der Waals surface area contributed by atoms with Crippen molar-refractivity contribution >= 4 is 11.6 Å². The summed E-state index contributed by atoms with van der Waals surface area (Å²) in [7, 11) is 0. The summed E-state index contributed by atoms with van der Waals surface area (Å²) in [5.41, 5.74) is 0. The number of carbonyl (C=O) groups is 2. The van der Waals surface area contributed by atoms with Gasteiger partial charge in [-0.15, -0.1) is 0 Å². The third-order valence-corrected chi connectivity index (χ3v) is 2.66. The maximum absolute atomic E-state index is 11.2. The van der Waals surface area contributed by atoms with Crippen molar-refractivity contribution in [1.82, 2.24) is 0 Å². The maximum Gasteiger partial charge on any atom is 0.159 e. The molecule has 0 unspecified atom stereocenters. The Hall–Kier alpha value is -0.960. The highest BCUT2D eigenvalue weighted by Crippen LogP contribution is 2.36. The second-order valence-electron chi connectivity index (χ2n) is 3.45. The zero-order valence-electron chi connectivity index (χ0n) is 6.56. The minimum absolute atomic E-state index is 0.00356. The van der Waals surface area contributed by atoms with Crippen molar-refractivity contribution in [3.63, 3.8) is 0 Å². The second-order valence-corrected chi connectivity index (χ2v) is 3.45. The van der Waals surface area contributed by atoms with Crippen LogP contribution < -0.4 is 0 Å². The highest BCUT2D eigenvalue weighted by Gasteiger charge is 2.44. The van der Waals surface area contributed by atoms with Gasteiger partial charge in [-0.3, -0.25) is 9.59 Å². The van der Waals surface area contributed by atoms with Gasteiger partial charge >= 0.3 is 0 Å². The number of carbonyl (C=O) groups excluding carboxylic acids is 2. The quantitative estimate of drug-likeness (QED) is 0.554. The van der Waals surface area contributed by atoms with Gasteiger partial charge in [0.25, 0.3) is 0 Å². The molecule has 1 N–H and O–H groups in total. The molecule has 0 bridgehead atoms. The average Bonchev–Trinajstić information content (AvgIpc) is 2.14. The van der Waals surface area contributed by atoms with Crippen LogP contribution in [0, 0.1) is 11.8 Å². The number of aliphatic hydroxyl groups excluding tert-OH is 1. The second kappa shape index (κ2) is 2.52. The van der Waals surface area contributed by atoms with Crippen LogP contribution in [0.25, 0.3) is 0 Å². The first-order chi connectivity index (χ1) is 5.68. The number of ketones is 2. The van der Waals surface area contributed by atoms with E-state index in [2.05, 4.69) is 0 Å². The lowest BCUT2D eigenvalue weighted by atomic mass is 9.69. The minimum Gasteiger partial charge on any atom is -0.389 e. The van der Waals surface area contributed by atoms with E-state index < -0.39 is 6.10 Å². The number of Topliss-reactive ketones (excluding diaryl/α,β-unsaturated/α-hetero) is 1. The number of allylic oxidation sites excluding steroid dienone is 1. The fourth-order valence-electron chi connectivity index (χ4n) is 1.84. The van der Waals surface area contributed by atoms with Crippen molar-refractivity contribution in [3.8, 4) is 0 Å². The maximum atomic E-state index is 11.2. The molecule has 0 aromatic heterocycles. The van der Waals surface area contributed by atoms with Crippen molar-refractivity contribution in [2.75, 3.05) is 0 Å². The molecule has 3 atom stereocenters. The SMILES string of the molecule is O=C1C=C[C@@H](O)C[C@@H]2C(=O)C[C@H]12. The standard InChI is InChI=1S/C9H10O3/c10-5-1-2-8(11)7-4-9(12)6(7)3-5/h1-2,5-7,10H,3-4H2/t5-,6+,7+/m1/s1. The molecule has 0 aromatic rings. The van der Waals surface area contributed by atoms with Gasteiger partial charge in [-0.2, -0.15) is 0 Å². The van der Waals surface area contributed by atoms with Gasteiger partial charge in [0.1, 0.15) is 5.78 Å². The molecule has 1 saturated carbocycles. The first kappa shape index (κ1) is 7.68. The summed E-state index contributed by atoms with van der Waals surface area (Å²) in [4.78, 5) is 22.2. The summed E-state index contributed by atoms with van der Waals surface area (Å²) in [5, 5.41) is 9.26. The molecule has 0 saturated heterocycles. The van der Waals surface area contributed by atoms with Crippen LogP contribution >= 0.6 is 0 Å². The first-order valence-corrected chi connectivity index (χ1v) is 4.11. The van der Waals surface area contributed by atoms with Crippen molar-refractivity contribution < 1.29 is 14.7 Å². The summed E-state index contributed by atoms with van der Waals surface area (Å²) in [6.07, 6.45) is 3.07. The fraction of sp³-hybridized carbons (Fsp3) is 0.556. The van der Waals surface area contributed by atoms with E-state index in [1.807, 2.05) is 0 Å². The summed E-state index contributed by atoms with van der Waals surface area (Å²) in [6, 6.07) is 0. The minimum atomic E-state index is -0.617. The van der Waals surface area contributed by atoms with E-state index in [0.29, 0.717) is 12.8 Å². The van der Waals surface area contributed by atoms with Gasteiger partial charge in [0.2, 0.25) is 0 Å². The Morgan fingerprint density at radius 1 is 1.33 bits per heavy atom. The van der Waals surface area contributed by atoms with Gasteiger partial charge < -0.3 is 5.11 Å². The summed E-state index contributed by atoms with van der Waals surface area (Å²) in [5.74, 6) is -0.222. The van der Waals surface area contributed by atoms with Crippen LogP contribution in [0.1, 0.15) is 12.8 Å². The van der Waals surface area contributed by atoms with E-state index in [4.69, 9.17) is 0 Å². The summed E-state index contributed by atoms with van der Waals surface area (Å²) < 4.78 is 0. The van der Waals surface area contributed by atoms with Crippen LogP contribution in [0.15, 0.2) is 12.2 Å². The molecule has 64 valence electrons. The molecular formula is C9H10O3. The smallest absolute Gasteiger partial charge is 0.159 e. The van der Waals surface area contributed by atoms with Crippen molar-refractivity contribution in [1.29, 1.82) is 0 Å². The molecule has 2 aliphatic rings. The highest BCUT2D eigenvalue weighted by atomic mass is 16.3. The number of hydrogen-bond acceptors (Lipinski definition) is 3. The van der Waals surface area contributed by atoms with Crippen LogP contribution in [-0.4, -0.2) is 22.8 Å². The third-order valence-electron chi connectivity index (χ3n) is 2.66. The van der Waals surface area contributed by atoms with E-state index in [1.54, 1.807) is 0 Å². The molecule has 0 aliphatic heterocycles. The number of aliphatic hydroxyl groups is 1. The molecule has 12 heavy (non-hydrogen) atoms. The Labute approximate surface area is 70.1 Å².